The molecule has 1 heterocycles. The summed E-state index contributed by atoms with van der Waals surface area (Å²) in [5.74, 6) is -6.46. The van der Waals surface area contributed by atoms with Gasteiger partial charge in [-0.25, -0.2) is 14.4 Å². The van der Waals surface area contributed by atoms with Crippen LogP contribution in [0, 0.1) is 5.92 Å². The number of carbonyl (C=O) groups is 8. The van der Waals surface area contributed by atoms with Gasteiger partial charge in [0.2, 0.25) is 12.3 Å². The maximum absolute atomic E-state index is 14.2. The normalized spacial score (nSPS) is 11.9. The number of anilines is 1. The summed E-state index contributed by atoms with van der Waals surface area (Å²) < 4.78 is 28.2. The lowest BCUT2D eigenvalue weighted by Crippen LogP contribution is -2.49. The van der Waals surface area contributed by atoms with Crippen molar-refractivity contribution in [1.82, 2.24) is 21.0 Å². The van der Waals surface area contributed by atoms with Crippen molar-refractivity contribution in [2.24, 2.45) is 5.92 Å². The zero-order chi connectivity index (χ0) is 54.9. The summed E-state index contributed by atoms with van der Waals surface area (Å²) in [4.78, 5) is 112. The van der Waals surface area contributed by atoms with Crippen LogP contribution >= 0.6 is 0 Å². The van der Waals surface area contributed by atoms with E-state index in [1.54, 1.807) is 97.9 Å². The molecule has 0 unspecified atom stereocenters. The van der Waals surface area contributed by atoms with Gasteiger partial charge in [-0.2, -0.15) is 5.06 Å². The maximum Gasteiger partial charge on any atom is 0.365 e. The molecule has 19 nitrogen and oxygen atoms in total. The van der Waals surface area contributed by atoms with Crippen LogP contribution in [0.3, 0.4) is 0 Å². The van der Waals surface area contributed by atoms with Crippen LogP contribution in [0.25, 0.3) is 11.3 Å². The van der Waals surface area contributed by atoms with E-state index in [0.29, 0.717) is 35.9 Å². The van der Waals surface area contributed by atoms with Gasteiger partial charge in [0, 0.05) is 11.3 Å². The van der Waals surface area contributed by atoms with E-state index in [2.05, 4.69) is 16.0 Å². The number of esters is 3. The molecule has 402 valence electrons. The number of carbonyl (C=O) groups excluding carboxylic acids is 8. The zero-order valence-electron chi connectivity index (χ0n) is 42.7. The van der Waals surface area contributed by atoms with Crippen LogP contribution in [-0.4, -0.2) is 78.4 Å². The highest BCUT2D eigenvalue weighted by Gasteiger charge is 2.34. The second-order valence-electron chi connectivity index (χ2n) is 17.5. The van der Waals surface area contributed by atoms with Crippen molar-refractivity contribution in [3.8, 4) is 17.1 Å². The van der Waals surface area contributed by atoms with E-state index >= 15 is 0 Å². The van der Waals surface area contributed by atoms with E-state index in [4.69, 9.17) is 33.9 Å². The molecule has 0 saturated carbocycles. The third kappa shape index (κ3) is 17.4. The monoisotopic (exact) mass is 1050 g/mol. The van der Waals surface area contributed by atoms with Crippen LogP contribution in [0.1, 0.15) is 100 Å². The van der Waals surface area contributed by atoms with Crippen molar-refractivity contribution in [3.05, 3.63) is 179 Å². The molecule has 0 saturated heterocycles. The molecule has 1 aromatic heterocycles. The third-order valence-corrected chi connectivity index (χ3v) is 12.0. The fourth-order valence-electron chi connectivity index (χ4n) is 7.92. The summed E-state index contributed by atoms with van der Waals surface area (Å²) in [7, 11) is 0. The minimum atomic E-state index is -1.52. The number of para-hydroxylation sites is 1. The van der Waals surface area contributed by atoms with Gasteiger partial charge < -0.3 is 49.9 Å². The first-order valence-electron chi connectivity index (χ1n) is 25.0. The van der Waals surface area contributed by atoms with Crippen molar-refractivity contribution < 1.29 is 66.6 Å². The van der Waals surface area contributed by atoms with E-state index in [-0.39, 0.29) is 67.0 Å². The number of benzene rings is 5. The Kier molecular flexibility index (Phi) is 21.9. The molecule has 77 heavy (non-hydrogen) atoms. The lowest BCUT2D eigenvalue weighted by Gasteiger charge is -2.31. The predicted molar refractivity (Wildman–Crippen MR) is 281 cm³/mol. The molecule has 0 fully saturated rings. The lowest BCUT2D eigenvalue weighted by molar-refractivity contribution is -0.171. The first-order valence-corrected chi connectivity index (χ1v) is 25.0. The smallest absolute Gasteiger partial charge is 0.365 e. The summed E-state index contributed by atoms with van der Waals surface area (Å²) in [6.07, 6.45) is 2.62. The lowest BCUT2D eigenvalue weighted by atomic mass is 9.90. The highest BCUT2D eigenvalue weighted by Crippen LogP contribution is 2.30. The maximum atomic E-state index is 14.2. The number of furan rings is 1. The largest absolute Gasteiger partial charge is 0.481 e. The number of ether oxygens (including phenoxy) is 4. The van der Waals surface area contributed by atoms with Crippen LogP contribution in [0.2, 0.25) is 0 Å². The molecule has 5 N–H and O–H groups in total. The minimum Gasteiger partial charge on any atom is -0.481 e. The first kappa shape index (κ1) is 57.0. The molecule has 0 bridgehead atoms. The van der Waals surface area contributed by atoms with Gasteiger partial charge in [0.25, 0.3) is 11.8 Å². The van der Waals surface area contributed by atoms with Gasteiger partial charge in [-0.3, -0.25) is 24.0 Å². The summed E-state index contributed by atoms with van der Waals surface area (Å²) in [6.45, 7) is 2.47. The number of amides is 4. The summed E-state index contributed by atoms with van der Waals surface area (Å²) >= 11 is 0. The quantitative estimate of drug-likeness (QED) is 0.00669. The SMILES string of the molecule is CCCCC[C@@H](C(=O)NCNC(=O)c1ccc(-c2ccc(C(=O)N[C@@H](CC(=O)OCc3ccccc3)C(=O)OCc3ccccc3)c(OCC(=O)OCc3ccccc3)c2)o1)[C@@H](CC)N(C=O)OC(=O)c1ccccc1N. The van der Waals surface area contributed by atoms with Crippen molar-refractivity contribution in [2.75, 3.05) is 19.0 Å². The van der Waals surface area contributed by atoms with Crippen LogP contribution in [0.5, 0.6) is 5.75 Å². The van der Waals surface area contributed by atoms with Gasteiger partial charge in [-0.05, 0) is 65.9 Å². The molecule has 0 aliphatic rings. The molecule has 19 heteroatoms. The Morgan fingerprint density at radius 1 is 0.662 bits per heavy atom. The Bertz CT molecular complexity index is 2930. The van der Waals surface area contributed by atoms with Gasteiger partial charge in [0.05, 0.1) is 36.2 Å². The van der Waals surface area contributed by atoms with Gasteiger partial charge in [0.1, 0.15) is 37.4 Å². The number of nitrogen functional groups attached to an aromatic ring is 1. The van der Waals surface area contributed by atoms with Crippen molar-refractivity contribution in [3.63, 3.8) is 0 Å². The average Bonchev–Trinajstić information content (AvgIpc) is 3.96. The van der Waals surface area contributed by atoms with Crippen molar-refractivity contribution in [2.45, 2.75) is 84.3 Å². The molecule has 0 aliphatic carbocycles. The molecule has 5 aromatic carbocycles. The number of nitrogens with two attached hydrogens (primary N) is 1. The van der Waals surface area contributed by atoms with Gasteiger partial charge in [0.15, 0.2) is 12.4 Å². The average molecular weight is 1050 g/mol. The summed E-state index contributed by atoms with van der Waals surface area (Å²) in [6, 6.07) is 37.6. The second-order valence-corrected chi connectivity index (χ2v) is 17.5. The molecule has 0 spiro atoms. The number of hydrogen-bond donors (Lipinski definition) is 4. The van der Waals surface area contributed by atoms with Gasteiger partial charge >= 0.3 is 23.9 Å². The van der Waals surface area contributed by atoms with Crippen LogP contribution in [0.4, 0.5) is 5.69 Å². The summed E-state index contributed by atoms with van der Waals surface area (Å²) in [5, 5.41) is 8.70. The second kappa shape index (κ2) is 29.6. The molecule has 0 radical (unpaired) electrons. The van der Waals surface area contributed by atoms with Crippen molar-refractivity contribution >= 4 is 53.7 Å². The highest BCUT2D eigenvalue weighted by molar-refractivity contribution is 6.00. The van der Waals surface area contributed by atoms with Crippen molar-refractivity contribution in [1.29, 1.82) is 0 Å². The van der Waals surface area contributed by atoms with E-state index in [1.807, 2.05) is 19.1 Å². The molecule has 6 rings (SSSR count). The van der Waals surface area contributed by atoms with Crippen LogP contribution < -0.4 is 26.4 Å². The zero-order valence-corrected chi connectivity index (χ0v) is 42.7. The molecule has 0 aliphatic heterocycles. The Balaban J connectivity index is 1.16. The van der Waals surface area contributed by atoms with Gasteiger partial charge in [-0.15, -0.1) is 0 Å². The number of rotatable bonds is 29. The number of nitrogens with one attached hydrogen (secondary N) is 3. The van der Waals surface area contributed by atoms with Crippen LogP contribution in [-0.2, 0) is 62.8 Å². The third-order valence-electron chi connectivity index (χ3n) is 12.0. The van der Waals surface area contributed by atoms with Gasteiger partial charge in [-0.1, -0.05) is 142 Å². The Morgan fingerprint density at radius 2 is 1.27 bits per heavy atom. The Hall–Kier alpha value is -9.26. The fourth-order valence-corrected chi connectivity index (χ4v) is 7.92. The van der Waals surface area contributed by atoms with E-state index in [1.165, 1.54) is 42.5 Å². The minimum absolute atomic E-state index is 0.0510. The predicted octanol–water partition coefficient (Wildman–Crippen LogP) is 7.64. The number of hydroxylamine groups is 2. The molecule has 4 amide bonds. The topological polar surface area (TPSA) is 261 Å². The number of unbranched alkanes of at least 4 members (excludes halogenated alkanes) is 2. The number of nitrogens with zero attached hydrogens (tertiary/aromatic N) is 1. The molecular weight excluding hydrogens is 991 g/mol. The van der Waals surface area contributed by atoms with E-state index in [0.717, 1.165) is 23.5 Å². The standard InChI is InChI=1S/C58H61N5O14/c1-3-5-9-25-44(48(4-2)63(38-64)77-57(70)43-24-16-17-26-46(43)59)54(67)60-37-61-56(69)50-30-29-49(76-50)42-27-28-45(51(31-42)72-36-53(66)74-34-40-20-12-7-13-21-40)55(68)62-47(58(71)75-35-41-22-14-8-15-23-41)32-52(65)73-33-39-18-10-6-11-19-39/h6-8,10-24,26-31,38,44,47-48H,3-5,9,25,32-37,59H2,1-2H3,(H,60,67)(H,61,69)(H,62,68)/t44-,47+,48-/m1/s1. The Morgan fingerprint density at radius 3 is 1.88 bits per heavy atom. The molecular formula is C58H61N5O14. The first-order chi connectivity index (χ1) is 37.4. The molecule has 6 aromatic rings. The fraction of sp³-hybridized carbons (Fsp3) is 0.276. The van der Waals surface area contributed by atoms with Crippen LogP contribution in [0.15, 0.2) is 150 Å². The van der Waals surface area contributed by atoms with E-state index in [9.17, 15) is 38.4 Å². The molecule has 3 atom stereocenters. The van der Waals surface area contributed by atoms with E-state index < -0.39 is 72.6 Å². The Labute approximate surface area is 445 Å². The summed E-state index contributed by atoms with van der Waals surface area (Å²) in [5.41, 5.74) is 8.39. The number of hydrogen-bond acceptors (Lipinski definition) is 15. The highest BCUT2D eigenvalue weighted by atomic mass is 16.7.